The second-order valence-corrected chi connectivity index (χ2v) is 5.80. The highest BCUT2D eigenvalue weighted by molar-refractivity contribution is 14.1. The Hall–Kier alpha value is -1.15. The van der Waals surface area contributed by atoms with Gasteiger partial charge in [0.15, 0.2) is 0 Å². The predicted octanol–water partition coefficient (Wildman–Crippen LogP) is 4.57. The van der Waals surface area contributed by atoms with E-state index in [9.17, 15) is 10.1 Å². The molecule has 0 bridgehead atoms. The topological polar surface area (TPSA) is 55.2 Å². The monoisotopic (exact) mass is 432 g/mol. The Morgan fingerprint density at radius 3 is 2.63 bits per heavy atom. The zero-order valence-electron chi connectivity index (χ0n) is 9.77. The highest BCUT2D eigenvalue weighted by atomic mass is 127. The molecule has 0 saturated heterocycles. The molecule has 6 heteroatoms. The predicted molar refractivity (Wildman–Crippen MR) is 87.3 cm³/mol. The van der Waals surface area contributed by atoms with Crippen molar-refractivity contribution < 1.29 is 4.92 Å². The average molecular weight is 433 g/mol. The first-order valence-corrected chi connectivity index (χ1v) is 7.37. The fourth-order valence-electron chi connectivity index (χ4n) is 1.64. The number of anilines is 1. The fraction of sp³-hybridized carbons (Fsp3) is 0.0769. The van der Waals surface area contributed by atoms with Crippen LogP contribution in [-0.4, -0.2) is 4.92 Å². The summed E-state index contributed by atoms with van der Waals surface area (Å²) in [5, 5.41) is 14.1. The van der Waals surface area contributed by atoms with E-state index in [0.29, 0.717) is 11.0 Å². The molecule has 0 heterocycles. The van der Waals surface area contributed by atoms with Gasteiger partial charge < -0.3 is 5.32 Å². The van der Waals surface area contributed by atoms with E-state index < -0.39 is 0 Å². The van der Waals surface area contributed by atoms with Crippen LogP contribution < -0.4 is 5.32 Å². The van der Waals surface area contributed by atoms with Gasteiger partial charge in [-0.25, -0.2) is 0 Å². The van der Waals surface area contributed by atoms with Gasteiger partial charge in [-0.05, 0) is 56.2 Å². The summed E-state index contributed by atoms with van der Waals surface area (Å²) in [5.41, 5.74) is 1.96. The lowest BCUT2D eigenvalue weighted by molar-refractivity contribution is -0.385. The highest BCUT2D eigenvalue weighted by Gasteiger charge is 2.14. The average Bonchev–Trinajstić information content (AvgIpc) is 2.39. The SMILES string of the molecule is O=[N+]([O-])c1cccc(CNc2ccccc2I)c1Br. The van der Waals surface area contributed by atoms with E-state index in [1.165, 1.54) is 6.07 Å². The Labute approximate surface area is 132 Å². The maximum Gasteiger partial charge on any atom is 0.283 e. The van der Waals surface area contributed by atoms with E-state index in [1.807, 2.05) is 30.3 Å². The Morgan fingerprint density at radius 2 is 1.95 bits per heavy atom. The number of nitrogens with one attached hydrogen (secondary N) is 1. The molecule has 0 fully saturated rings. The number of hydrogen-bond acceptors (Lipinski definition) is 3. The lowest BCUT2D eigenvalue weighted by Gasteiger charge is -2.09. The van der Waals surface area contributed by atoms with Crippen LogP contribution in [0.3, 0.4) is 0 Å². The van der Waals surface area contributed by atoms with Crippen LogP contribution in [0.1, 0.15) is 5.56 Å². The molecule has 0 atom stereocenters. The van der Waals surface area contributed by atoms with Crippen LogP contribution in [0.4, 0.5) is 11.4 Å². The molecule has 0 amide bonds. The summed E-state index contributed by atoms with van der Waals surface area (Å²) in [6.07, 6.45) is 0. The van der Waals surface area contributed by atoms with Gasteiger partial charge in [-0.1, -0.05) is 24.3 Å². The molecule has 19 heavy (non-hydrogen) atoms. The zero-order valence-corrected chi connectivity index (χ0v) is 13.5. The van der Waals surface area contributed by atoms with E-state index in [-0.39, 0.29) is 10.6 Å². The van der Waals surface area contributed by atoms with Crippen molar-refractivity contribution in [2.45, 2.75) is 6.54 Å². The summed E-state index contributed by atoms with van der Waals surface area (Å²) in [7, 11) is 0. The van der Waals surface area contributed by atoms with Gasteiger partial charge in [0.1, 0.15) is 4.47 Å². The number of halogens is 2. The number of nitro groups is 1. The van der Waals surface area contributed by atoms with Crippen LogP contribution in [0, 0.1) is 13.7 Å². The molecule has 0 saturated carbocycles. The molecule has 0 aromatic heterocycles. The number of hydrogen-bond donors (Lipinski definition) is 1. The van der Waals surface area contributed by atoms with Gasteiger partial charge in [0.25, 0.3) is 5.69 Å². The van der Waals surface area contributed by atoms with Crippen molar-refractivity contribution in [3.8, 4) is 0 Å². The molecule has 98 valence electrons. The molecule has 0 aliphatic heterocycles. The molecule has 0 aliphatic rings. The van der Waals surface area contributed by atoms with Gasteiger partial charge in [-0.3, -0.25) is 10.1 Å². The van der Waals surface area contributed by atoms with Crippen molar-refractivity contribution in [3.05, 3.63) is 66.2 Å². The van der Waals surface area contributed by atoms with E-state index in [1.54, 1.807) is 6.07 Å². The maximum atomic E-state index is 10.9. The summed E-state index contributed by atoms with van der Waals surface area (Å²) in [6, 6.07) is 12.9. The number of para-hydroxylation sites is 1. The molecule has 2 rings (SSSR count). The molecular formula is C13H10BrIN2O2. The molecule has 4 nitrogen and oxygen atoms in total. The Bertz CT molecular complexity index is 619. The van der Waals surface area contributed by atoms with Crippen LogP contribution >= 0.6 is 38.5 Å². The van der Waals surface area contributed by atoms with Crippen LogP contribution in [0.15, 0.2) is 46.9 Å². The molecule has 2 aromatic rings. The van der Waals surface area contributed by atoms with Crippen molar-refractivity contribution in [2.24, 2.45) is 0 Å². The third kappa shape index (κ3) is 3.44. The normalized spacial score (nSPS) is 10.2. The minimum Gasteiger partial charge on any atom is -0.380 e. The first-order valence-electron chi connectivity index (χ1n) is 5.50. The van der Waals surface area contributed by atoms with Gasteiger partial charge in [0, 0.05) is 21.9 Å². The van der Waals surface area contributed by atoms with Gasteiger partial charge >= 0.3 is 0 Å². The molecule has 0 radical (unpaired) electrons. The summed E-state index contributed by atoms with van der Waals surface area (Å²) < 4.78 is 1.64. The van der Waals surface area contributed by atoms with Gasteiger partial charge in [-0.2, -0.15) is 0 Å². The lowest BCUT2D eigenvalue weighted by Crippen LogP contribution is -2.02. The number of rotatable bonds is 4. The lowest BCUT2D eigenvalue weighted by atomic mass is 10.2. The first kappa shape index (κ1) is 14.3. The summed E-state index contributed by atoms with van der Waals surface area (Å²) in [4.78, 5) is 10.5. The van der Waals surface area contributed by atoms with Crippen molar-refractivity contribution in [1.82, 2.24) is 0 Å². The first-order chi connectivity index (χ1) is 9.09. The van der Waals surface area contributed by atoms with E-state index in [2.05, 4.69) is 43.8 Å². The summed E-state index contributed by atoms with van der Waals surface area (Å²) in [5.74, 6) is 0. The van der Waals surface area contributed by atoms with Crippen LogP contribution in [-0.2, 0) is 6.54 Å². The molecule has 1 N–H and O–H groups in total. The third-order valence-corrected chi connectivity index (χ3v) is 4.45. The van der Waals surface area contributed by atoms with Crippen molar-refractivity contribution in [2.75, 3.05) is 5.32 Å². The third-order valence-electron chi connectivity index (χ3n) is 2.60. The van der Waals surface area contributed by atoms with Crippen molar-refractivity contribution in [1.29, 1.82) is 0 Å². The molecular weight excluding hydrogens is 423 g/mol. The zero-order chi connectivity index (χ0) is 13.8. The Balaban J connectivity index is 2.19. The molecule has 0 aliphatic carbocycles. The van der Waals surface area contributed by atoms with Crippen LogP contribution in [0.2, 0.25) is 0 Å². The summed E-state index contributed by atoms with van der Waals surface area (Å²) >= 11 is 5.54. The Kier molecular flexibility index (Phi) is 4.76. The molecule has 0 spiro atoms. The number of benzene rings is 2. The Morgan fingerprint density at radius 1 is 1.21 bits per heavy atom. The second kappa shape index (κ2) is 6.33. The molecule has 2 aromatic carbocycles. The van der Waals surface area contributed by atoms with Gasteiger partial charge in [-0.15, -0.1) is 0 Å². The van der Waals surface area contributed by atoms with Crippen molar-refractivity contribution in [3.63, 3.8) is 0 Å². The van der Waals surface area contributed by atoms with Crippen molar-refractivity contribution >= 4 is 49.9 Å². The largest absolute Gasteiger partial charge is 0.380 e. The van der Waals surface area contributed by atoms with Crippen LogP contribution in [0.25, 0.3) is 0 Å². The number of nitro benzene ring substituents is 1. The van der Waals surface area contributed by atoms with Gasteiger partial charge in [0.2, 0.25) is 0 Å². The highest BCUT2D eigenvalue weighted by Crippen LogP contribution is 2.29. The number of nitrogens with zero attached hydrogens (tertiary/aromatic N) is 1. The fourth-order valence-corrected chi connectivity index (χ4v) is 2.77. The second-order valence-electron chi connectivity index (χ2n) is 3.84. The quantitative estimate of drug-likeness (QED) is 0.437. The van der Waals surface area contributed by atoms with Gasteiger partial charge in [0.05, 0.1) is 4.92 Å². The summed E-state index contributed by atoms with van der Waals surface area (Å²) in [6.45, 7) is 0.530. The minimum atomic E-state index is -0.389. The minimum absolute atomic E-state index is 0.0852. The van der Waals surface area contributed by atoms with Crippen LogP contribution in [0.5, 0.6) is 0 Å². The smallest absolute Gasteiger partial charge is 0.283 e. The maximum absolute atomic E-state index is 10.9. The molecule has 0 unspecified atom stereocenters. The van der Waals surface area contributed by atoms with E-state index in [4.69, 9.17) is 0 Å². The standard InChI is InChI=1S/C13H10BrIN2O2/c14-13-9(4-3-7-12(13)17(18)19)8-16-11-6-2-1-5-10(11)15/h1-7,16H,8H2. The van der Waals surface area contributed by atoms with E-state index >= 15 is 0 Å². The van der Waals surface area contributed by atoms with E-state index in [0.717, 1.165) is 14.8 Å².